The number of hydrogen-bond acceptors (Lipinski definition) is 5. The summed E-state index contributed by atoms with van der Waals surface area (Å²) < 4.78 is 1.51. The van der Waals surface area contributed by atoms with Crippen LogP contribution in [0.15, 0.2) is 46.0 Å². The molecule has 0 atom stereocenters. The number of carbonyl (C=O) groups excluding carboxylic acids is 1. The highest BCUT2D eigenvalue weighted by atomic mass is 32.1. The zero-order chi connectivity index (χ0) is 15.3. The molecule has 2 heterocycles. The summed E-state index contributed by atoms with van der Waals surface area (Å²) >= 11 is 2.15. The highest BCUT2D eigenvalue weighted by Crippen LogP contribution is 2.21. The lowest BCUT2D eigenvalue weighted by Crippen LogP contribution is -2.00. The molecular weight excluding hydrogens is 320 g/mol. The Bertz CT molecular complexity index is 1060. The van der Waals surface area contributed by atoms with Crippen LogP contribution in [0.4, 0.5) is 0 Å². The molecule has 4 aromatic rings. The predicted molar refractivity (Wildman–Crippen MR) is 88.3 cm³/mol. The first-order valence-corrected chi connectivity index (χ1v) is 8.04. The van der Waals surface area contributed by atoms with E-state index in [-0.39, 0.29) is 15.5 Å². The van der Waals surface area contributed by atoms with E-state index in [0.29, 0.717) is 11.1 Å². The molecule has 0 amide bonds. The monoisotopic (exact) mass is 328 g/mol. The molecule has 0 aliphatic rings. The Kier molecular flexibility index (Phi) is 2.85. The van der Waals surface area contributed by atoms with Crippen LogP contribution in [-0.2, 0) is 0 Å². The smallest absolute Gasteiger partial charge is 0.305 e. The van der Waals surface area contributed by atoms with E-state index in [0.717, 1.165) is 43.1 Å². The van der Waals surface area contributed by atoms with Crippen molar-refractivity contribution in [2.45, 2.75) is 0 Å². The molecule has 7 heteroatoms. The summed E-state index contributed by atoms with van der Waals surface area (Å²) in [6.45, 7) is 0. The maximum absolute atomic E-state index is 12.6. The number of carbonyl (C=O) groups is 1. The Balaban J connectivity index is 1.82. The maximum Gasteiger partial charge on any atom is 0.305 e. The van der Waals surface area contributed by atoms with Gasteiger partial charge in [-0.05, 0) is 36.4 Å². The molecule has 0 bridgehead atoms. The fourth-order valence-electron chi connectivity index (χ4n) is 2.34. The molecule has 0 saturated carbocycles. The van der Waals surface area contributed by atoms with Gasteiger partial charge >= 0.3 is 9.75 Å². The predicted octanol–water partition coefficient (Wildman–Crippen LogP) is 2.72. The Morgan fingerprint density at radius 2 is 1.23 bits per heavy atom. The van der Waals surface area contributed by atoms with Crippen molar-refractivity contribution in [1.82, 2.24) is 9.97 Å². The van der Waals surface area contributed by atoms with Crippen LogP contribution in [0.1, 0.15) is 15.9 Å². The van der Waals surface area contributed by atoms with E-state index in [4.69, 9.17) is 0 Å². The average molecular weight is 328 g/mol. The van der Waals surface area contributed by atoms with E-state index in [1.807, 2.05) is 0 Å². The fraction of sp³-hybridized carbons (Fsp3) is 0. The lowest BCUT2D eigenvalue weighted by molar-refractivity contribution is 0.103. The van der Waals surface area contributed by atoms with Gasteiger partial charge in [-0.1, -0.05) is 22.7 Å². The number of rotatable bonds is 2. The van der Waals surface area contributed by atoms with Crippen LogP contribution < -0.4 is 9.75 Å². The summed E-state index contributed by atoms with van der Waals surface area (Å²) in [4.78, 5) is 40.4. The Morgan fingerprint density at radius 1 is 0.773 bits per heavy atom. The first-order valence-electron chi connectivity index (χ1n) is 6.40. The zero-order valence-corrected chi connectivity index (χ0v) is 12.6. The normalized spacial score (nSPS) is 11.3. The van der Waals surface area contributed by atoms with Crippen LogP contribution >= 0.6 is 22.7 Å². The van der Waals surface area contributed by atoms with Crippen LogP contribution in [0.3, 0.4) is 0 Å². The van der Waals surface area contributed by atoms with Crippen LogP contribution in [0.5, 0.6) is 0 Å². The molecule has 0 saturated heterocycles. The van der Waals surface area contributed by atoms with Gasteiger partial charge in [-0.25, -0.2) is 0 Å². The van der Waals surface area contributed by atoms with Gasteiger partial charge in [0.05, 0.1) is 20.4 Å². The van der Waals surface area contributed by atoms with Crippen molar-refractivity contribution in [2.75, 3.05) is 0 Å². The van der Waals surface area contributed by atoms with Gasteiger partial charge in [-0.3, -0.25) is 14.4 Å². The second-order valence-electron chi connectivity index (χ2n) is 4.78. The first-order chi connectivity index (χ1) is 10.6. The summed E-state index contributed by atoms with van der Waals surface area (Å²) in [5, 5.41) is 0. The van der Waals surface area contributed by atoms with E-state index in [2.05, 4.69) is 9.97 Å². The number of benzene rings is 2. The van der Waals surface area contributed by atoms with E-state index < -0.39 is 0 Å². The van der Waals surface area contributed by atoms with Gasteiger partial charge in [-0.2, -0.15) is 0 Å². The molecule has 2 N–H and O–H groups in total. The summed E-state index contributed by atoms with van der Waals surface area (Å²) in [6, 6.07) is 10.3. The fourth-order valence-corrected chi connectivity index (χ4v) is 3.89. The molecule has 22 heavy (non-hydrogen) atoms. The van der Waals surface area contributed by atoms with Crippen LogP contribution in [0.25, 0.3) is 20.4 Å². The van der Waals surface area contributed by atoms with Gasteiger partial charge in [0.1, 0.15) is 0 Å². The third-order valence-electron chi connectivity index (χ3n) is 3.37. The molecule has 0 fully saturated rings. The molecule has 0 aliphatic carbocycles. The van der Waals surface area contributed by atoms with Crippen LogP contribution in [-0.4, -0.2) is 15.8 Å². The number of aromatic amines is 2. The molecule has 108 valence electrons. The summed E-state index contributed by atoms with van der Waals surface area (Å²) in [6.07, 6.45) is 0. The van der Waals surface area contributed by atoms with Gasteiger partial charge in [0.25, 0.3) is 0 Å². The summed E-state index contributed by atoms with van der Waals surface area (Å²) in [7, 11) is 0. The van der Waals surface area contributed by atoms with Gasteiger partial charge in [0, 0.05) is 11.1 Å². The van der Waals surface area contributed by atoms with Crippen molar-refractivity contribution in [3.05, 3.63) is 66.9 Å². The van der Waals surface area contributed by atoms with Crippen molar-refractivity contribution >= 4 is 48.9 Å². The molecule has 2 aromatic carbocycles. The second-order valence-corrected chi connectivity index (χ2v) is 6.81. The lowest BCUT2D eigenvalue weighted by atomic mass is 10.0. The van der Waals surface area contributed by atoms with E-state index >= 15 is 0 Å². The Labute approximate surface area is 130 Å². The van der Waals surface area contributed by atoms with E-state index in [9.17, 15) is 14.4 Å². The Hall–Kier alpha value is -2.51. The SMILES string of the molecule is O=C(c1ccc2[nH]c(=O)sc2c1)c1ccc2[nH]c(=O)sc2c1. The molecule has 5 nitrogen and oxygen atoms in total. The molecule has 0 aliphatic heterocycles. The third kappa shape index (κ3) is 2.11. The molecule has 0 unspecified atom stereocenters. The van der Waals surface area contributed by atoms with E-state index in [1.54, 1.807) is 36.4 Å². The van der Waals surface area contributed by atoms with Crippen LogP contribution in [0.2, 0.25) is 0 Å². The maximum atomic E-state index is 12.6. The van der Waals surface area contributed by atoms with Gasteiger partial charge in [0.2, 0.25) is 0 Å². The van der Waals surface area contributed by atoms with Crippen molar-refractivity contribution < 1.29 is 4.79 Å². The number of nitrogens with one attached hydrogen (secondary N) is 2. The number of thiazole rings is 2. The third-order valence-corrected chi connectivity index (χ3v) is 5.06. The number of hydrogen-bond donors (Lipinski definition) is 2. The molecule has 0 radical (unpaired) electrons. The highest BCUT2D eigenvalue weighted by Gasteiger charge is 2.12. The molecule has 4 rings (SSSR count). The molecule has 2 aromatic heterocycles. The number of H-pyrrole nitrogens is 2. The largest absolute Gasteiger partial charge is 0.312 e. The minimum Gasteiger partial charge on any atom is -0.312 e. The minimum atomic E-state index is -0.141. The second kappa shape index (κ2) is 4.75. The average Bonchev–Trinajstić information content (AvgIpc) is 3.04. The minimum absolute atomic E-state index is 0.134. The number of fused-ring (bicyclic) bond motifs is 2. The van der Waals surface area contributed by atoms with Crippen molar-refractivity contribution in [3.8, 4) is 0 Å². The number of aromatic nitrogens is 2. The van der Waals surface area contributed by atoms with E-state index in [1.165, 1.54) is 0 Å². The first kappa shape index (κ1) is 13.2. The summed E-state index contributed by atoms with van der Waals surface area (Å²) in [5.41, 5.74) is 2.49. The highest BCUT2D eigenvalue weighted by molar-refractivity contribution is 7.16. The van der Waals surface area contributed by atoms with Gasteiger partial charge in [-0.15, -0.1) is 0 Å². The number of ketones is 1. The molecular formula is C15H8N2O3S2. The standard InChI is InChI=1S/C15H8N2O3S2/c18-13(7-1-3-9-11(5-7)21-14(19)16-9)8-2-4-10-12(6-8)22-15(20)17-10/h1-6H,(H,16,19)(H,17,20). The van der Waals surface area contributed by atoms with Crippen molar-refractivity contribution in [2.24, 2.45) is 0 Å². The zero-order valence-electron chi connectivity index (χ0n) is 11.0. The lowest BCUT2D eigenvalue weighted by Gasteiger charge is -2.01. The molecule has 0 spiro atoms. The van der Waals surface area contributed by atoms with Gasteiger partial charge in [0.15, 0.2) is 5.78 Å². The quantitative estimate of drug-likeness (QED) is 0.555. The Morgan fingerprint density at radius 3 is 1.68 bits per heavy atom. The van der Waals surface area contributed by atoms with Gasteiger partial charge < -0.3 is 9.97 Å². The van der Waals surface area contributed by atoms with Crippen LogP contribution in [0, 0.1) is 0 Å². The summed E-state index contributed by atoms with van der Waals surface area (Å²) in [5.74, 6) is -0.134. The topological polar surface area (TPSA) is 82.8 Å². The van der Waals surface area contributed by atoms with Crippen molar-refractivity contribution in [3.63, 3.8) is 0 Å². The van der Waals surface area contributed by atoms with Crippen molar-refractivity contribution in [1.29, 1.82) is 0 Å².